The number of rotatable bonds is 6. The minimum Gasteiger partial charge on any atom is -0.392 e. The van der Waals surface area contributed by atoms with Gasteiger partial charge in [0.25, 0.3) is 0 Å². The molecule has 2 aliphatic rings. The van der Waals surface area contributed by atoms with Gasteiger partial charge in [0.05, 0.1) is 6.10 Å². The van der Waals surface area contributed by atoms with E-state index in [2.05, 4.69) is 11.5 Å². The first-order valence-electron chi connectivity index (χ1n) is 8.51. The fraction of sp³-hybridized carbons (Fsp3) is 0.824. The van der Waals surface area contributed by atoms with Crippen LogP contribution in [-0.2, 0) is 4.79 Å². The molecule has 1 N–H and O–H groups in total. The first kappa shape index (κ1) is 16.5. The molecule has 1 saturated heterocycles. The van der Waals surface area contributed by atoms with E-state index in [4.69, 9.17) is 0 Å². The van der Waals surface area contributed by atoms with Gasteiger partial charge in [-0.15, -0.1) is 6.58 Å². The maximum Gasteiger partial charge on any atom is 0.225 e. The predicted octanol–water partition coefficient (Wildman–Crippen LogP) is 2.04. The van der Waals surface area contributed by atoms with Crippen molar-refractivity contribution >= 4 is 5.91 Å². The van der Waals surface area contributed by atoms with Gasteiger partial charge in [0.1, 0.15) is 0 Å². The molecule has 1 heterocycles. The zero-order chi connectivity index (χ0) is 15.1. The van der Waals surface area contributed by atoms with Crippen molar-refractivity contribution in [2.45, 2.75) is 51.0 Å². The number of β-amino-alcohol motifs (C(OH)–C–C–N with tert-alkyl or cyclic N) is 1. The quantitative estimate of drug-likeness (QED) is 0.762. The highest BCUT2D eigenvalue weighted by Gasteiger charge is 2.28. The monoisotopic (exact) mass is 294 g/mol. The van der Waals surface area contributed by atoms with Gasteiger partial charge in [0.15, 0.2) is 0 Å². The number of amides is 1. The number of aliphatic hydroxyl groups is 1. The maximum atomic E-state index is 12.5. The maximum absolute atomic E-state index is 12.5. The Morgan fingerprint density at radius 3 is 2.48 bits per heavy atom. The van der Waals surface area contributed by atoms with Crippen LogP contribution in [0.4, 0.5) is 0 Å². The number of aliphatic hydroxyl groups excluding tert-OH is 1. The first-order valence-corrected chi connectivity index (χ1v) is 8.51. The van der Waals surface area contributed by atoms with Crippen molar-refractivity contribution in [2.75, 3.05) is 32.7 Å². The van der Waals surface area contributed by atoms with Gasteiger partial charge in [-0.3, -0.25) is 9.69 Å². The van der Waals surface area contributed by atoms with Crippen molar-refractivity contribution < 1.29 is 9.90 Å². The smallest absolute Gasteiger partial charge is 0.225 e. The van der Waals surface area contributed by atoms with E-state index < -0.39 is 0 Å². The fourth-order valence-corrected chi connectivity index (χ4v) is 3.46. The summed E-state index contributed by atoms with van der Waals surface area (Å²) in [5, 5.41) is 9.94. The van der Waals surface area contributed by atoms with E-state index in [1.807, 2.05) is 11.0 Å². The lowest BCUT2D eigenvalue weighted by Gasteiger charge is -2.37. The topological polar surface area (TPSA) is 43.8 Å². The van der Waals surface area contributed by atoms with Crippen molar-refractivity contribution in [1.29, 1.82) is 0 Å². The molecule has 4 heteroatoms. The minimum absolute atomic E-state index is 0.274. The summed E-state index contributed by atoms with van der Waals surface area (Å²) in [6.07, 6.45) is 9.11. The summed E-state index contributed by atoms with van der Waals surface area (Å²) in [5.74, 6) is 0.657. The summed E-state index contributed by atoms with van der Waals surface area (Å²) in [6, 6.07) is 0. The van der Waals surface area contributed by atoms with Gasteiger partial charge in [0.2, 0.25) is 5.91 Å². The third-order valence-corrected chi connectivity index (χ3v) is 4.81. The number of piperazine rings is 1. The first-order chi connectivity index (χ1) is 10.2. The number of carbonyl (C=O) groups is 1. The third-order valence-electron chi connectivity index (χ3n) is 4.81. The number of nitrogens with zero attached hydrogens (tertiary/aromatic N) is 2. The summed E-state index contributed by atoms with van der Waals surface area (Å²) in [7, 11) is 0. The van der Waals surface area contributed by atoms with E-state index in [-0.39, 0.29) is 12.0 Å². The van der Waals surface area contributed by atoms with E-state index in [1.54, 1.807) is 0 Å². The van der Waals surface area contributed by atoms with Crippen molar-refractivity contribution in [3.8, 4) is 0 Å². The minimum atomic E-state index is -0.274. The molecule has 1 atom stereocenters. The van der Waals surface area contributed by atoms with E-state index in [0.29, 0.717) is 5.91 Å². The van der Waals surface area contributed by atoms with Gasteiger partial charge in [-0.25, -0.2) is 0 Å². The van der Waals surface area contributed by atoms with Crippen LogP contribution in [0.25, 0.3) is 0 Å². The Hall–Kier alpha value is -0.870. The van der Waals surface area contributed by atoms with Crippen LogP contribution in [0, 0.1) is 5.92 Å². The molecule has 1 aliphatic heterocycles. The van der Waals surface area contributed by atoms with Crippen LogP contribution in [0.2, 0.25) is 0 Å². The zero-order valence-electron chi connectivity index (χ0n) is 13.2. The van der Waals surface area contributed by atoms with Crippen molar-refractivity contribution in [3.05, 3.63) is 12.7 Å². The van der Waals surface area contributed by atoms with E-state index in [0.717, 1.165) is 58.4 Å². The Morgan fingerprint density at radius 1 is 1.19 bits per heavy atom. The molecule has 120 valence electrons. The average molecular weight is 294 g/mol. The van der Waals surface area contributed by atoms with E-state index >= 15 is 0 Å². The second-order valence-corrected chi connectivity index (χ2v) is 6.48. The molecule has 0 aromatic heterocycles. The third kappa shape index (κ3) is 5.11. The predicted molar refractivity (Wildman–Crippen MR) is 85.0 cm³/mol. The zero-order valence-corrected chi connectivity index (χ0v) is 13.2. The standard InChI is InChI=1S/C17H30N2O2/c1-2-3-9-16(20)14-18-10-12-19(13-11-18)17(21)15-7-5-4-6-8-15/h2,15-16,20H,1,3-14H2. The molecule has 1 aliphatic carbocycles. The van der Waals surface area contributed by atoms with Crippen LogP contribution in [0.5, 0.6) is 0 Å². The van der Waals surface area contributed by atoms with E-state index in [1.165, 1.54) is 19.3 Å². The molecular weight excluding hydrogens is 264 g/mol. The Balaban J connectivity index is 1.69. The Labute approximate surface area is 128 Å². The molecule has 0 spiro atoms. The van der Waals surface area contributed by atoms with Crippen LogP contribution >= 0.6 is 0 Å². The molecule has 0 radical (unpaired) electrons. The molecule has 2 rings (SSSR count). The number of allylic oxidation sites excluding steroid dienone is 1. The molecule has 1 saturated carbocycles. The molecule has 0 aromatic carbocycles. The van der Waals surface area contributed by atoms with Crippen LogP contribution in [0.3, 0.4) is 0 Å². The molecule has 1 amide bonds. The van der Waals surface area contributed by atoms with Gasteiger partial charge in [0, 0.05) is 38.6 Å². The largest absolute Gasteiger partial charge is 0.392 e. The van der Waals surface area contributed by atoms with Gasteiger partial charge >= 0.3 is 0 Å². The highest BCUT2D eigenvalue weighted by atomic mass is 16.3. The normalized spacial score (nSPS) is 23.0. The fourth-order valence-electron chi connectivity index (χ4n) is 3.46. The molecule has 1 unspecified atom stereocenters. The van der Waals surface area contributed by atoms with Crippen molar-refractivity contribution in [1.82, 2.24) is 9.80 Å². The highest BCUT2D eigenvalue weighted by molar-refractivity contribution is 5.79. The molecule has 21 heavy (non-hydrogen) atoms. The van der Waals surface area contributed by atoms with Crippen molar-refractivity contribution in [3.63, 3.8) is 0 Å². The Morgan fingerprint density at radius 2 is 1.86 bits per heavy atom. The molecule has 4 nitrogen and oxygen atoms in total. The van der Waals surface area contributed by atoms with Gasteiger partial charge in [-0.2, -0.15) is 0 Å². The van der Waals surface area contributed by atoms with Crippen LogP contribution in [-0.4, -0.2) is 59.6 Å². The van der Waals surface area contributed by atoms with Gasteiger partial charge in [-0.1, -0.05) is 25.3 Å². The lowest BCUT2D eigenvalue weighted by atomic mass is 9.88. The second kappa shape index (κ2) is 8.54. The molecular formula is C17H30N2O2. The summed E-state index contributed by atoms with van der Waals surface area (Å²) >= 11 is 0. The molecule has 0 aromatic rings. The average Bonchev–Trinajstić information content (AvgIpc) is 2.54. The number of hydrogen-bond donors (Lipinski definition) is 1. The van der Waals surface area contributed by atoms with Crippen molar-refractivity contribution in [2.24, 2.45) is 5.92 Å². The Bertz CT molecular complexity index is 332. The Kier molecular flexibility index (Phi) is 6.71. The summed E-state index contributed by atoms with van der Waals surface area (Å²) in [5.41, 5.74) is 0. The van der Waals surface area contributed by atoms with Gasteiger partial charge in [-0.05, 0) is 25.7 Å². The molecule has 0 bridgehead atoms. The summed E-state index contributed by atoms with van der Waals surface area (Å²) in [4.78, 5) is 16.8. The lowest BCUT2D eigenvalue weighted by molar-refractivity contribution is -0.138. The second-order valence-electron chi connectivity index (χ2n) is 6.48. The number of carbonyl (C=O) groups excluding carboxylic acids is 1. The number of hydrogen-bond acceptors (Lipinski definition) is 3. The summed E-state index contributed by atoms with van der Waals surface area (Å²) in [6.45, 7) is 7.84. The van der Waals surface area contributed by atoms with Crippen LogP contribution in [0.15, 0.2) is 12.7 Å². The lowest BCUT2D eigenvalue weighted by Crippen LogP contribution is -2.51. The van der Waals surface area contributed by atoms with Crippen LogP contribution in [0.1, 0.15) is 44.9 Å². The summed E-state index contributed by atoms with van der Waals surface area (Å²) < 4.78 is 0. The van der Waals surface area contributed by atoms with E-state index in [9.17, 15) is 9.90 Å². The van der Waals surface area contributed by atoms with Gasteiger partial charge < -0.3 is 10.0 Å². The highest BCUT2D eigenvalue weighted by Crippen LogP contribution is 2.25. The molecule has 2 fully saturated rings. The van der Waals surface area contributed by atoms with Crippen LogP contribution < -0.4 is 0 Å². The SMILES string of the molecule is C=CCCC(O)CN1CCN(C(=O)C2CCCCC2)CC1.